The molecule has 0 spiro atoms. The lowest BCUT2D eigenvalue weighted by Crippen LogP contribution is -2.23. The SMILES string of the molecule is Cc1nn(-c2ccccc2)c(Cl)c1C(=O)OCC(=O)Nc1c(Cl)cccc1C(F)(F)F. The largest absolute Gasteiger partial charge is 0.452 e. The van der Waals surface area contributed by atoms with E-state index in [1.165, 1.54) is 17.7 Å². The van der Waals surface area contributed by atoms with Gasteiger partial charge in [-0.3, -0.25) is 4.79 Å². The number of alkyl halides is 3. The molecule has 3 aromatic rings. The van der Waals surface area contributed by atoms with Crippen molar-refractivity contribution in [1.29, 1.82) is 0 Å². The summed E-state index contributed by atoms with van der Waals surface area (Å²) in [5.74, 6) is -1.95. The number of carbonyl (C=O) groups is 2. The molecule has 0 aliphatic carbocycles. The van der Waals surface area contributed by atoms with Crippen LogP contribution in [0.1, 0.15) is 21.6 Å². The van der Waals surface area contributed by atoms with Gasteiger partial charge in [0.2, 0.25) is 0 Å². The van der Waals surface area contributed by atoms with E-state index in [4.69, 9.17) is 27.9 Å². The van der Waals surface area contributed by atoms with Crippen LogP contribution in [0.2, 0.25) is 10.2 Å². The van der Waals surface area contributed by atoms with E-state index in [0.717, 1.165) is 12.1 Å². The van der Waals surface area contributed by atoms with Gasteiger partial charge in [0.25, 0.3) is 5.91 Å². The van der Waals surface area contributed by atoms with E-state index < -0.39 is 35.9 Å². The van der Waals surface area contributed by atoms with Gasteiger partial charge in [-0.2, -0.15) is 18.3 Å². The van der Waals surface area contributed by atoms with Crippen molar-refractivity contribution in [1.82, 2.24) is 9.78 Å². The molecule has 162 valence electrons. The van der Waals surface area contributed by atoms with E-state index in [1.807, 2.05) is 5.32 Å². The second-order valence-corrected chi connectivity index (χ2v) is 7.05. The summed E-state index contributed by atoms with van der Waals surface area (Å²) >= 11 is 12.0. The standard InChI is InChI=1S/C20H14Cl2F3N3O3/c1-11-16(18(22)28(27-11)12-6-3-2-4-7-12)19(30)31-10-15(29)26-17-13(20(23,24)25)8-5-9-14(17)21/h2-9H,10H2,1H3,(H,26,29). The first kappa shape index (κ1) is 22.6. The second-order valence-electron chi connectivity index (χ2n) is 6.28. The number of halogens is 5. The Labute approximate surface area is 184 Å². The van der Waals surface area contributed by atoms with Crippen LogP contribution in [0.4, 0.5) is 18.9 Å². The molecule has 1 N–H and O–H groups in total. The monoisotopic (exact) mass is 471 g/mol. The van der Waals surface area contributed by atoms with Crippen molar-refractivity contribution in [3.8, 4) is 5.69 Å². The van der Waals surface area contributed by atoms with Crippen molar-refractivity contribution in [2.24, 2.45) is 0 Å². The summed E-state index contributed by atoms with van der Waals surface area (Å²) in [5.41, 5.74) is -0.950. The van der Waals surface area contributed by atoms with Gasteiger partial charge in [0.1, 0.15) is 10.7 Å². The predicted molar refractivity (Wildman–Crippen MR) is 109 cm³/mol. The van der Waals surface area contributed by atoms with E-state index in [0.29, 0.717) is 5.69 Å². The number of amides is 1. The Hall–Kier alpha value is -3.04. The Bertz CT molecular complexity index is 1130. The van der Waals surface area contributed by atoms with Crippen molar-refractivity contribution < 1.29 is 27.5 Å². The Morgan fingerprint density at radius 3 is 2.42 bits per heavy atom. The Balaban J connectivity index is 1.73. The molecule has 0 saturated carbocycles. The zero-order valence-electron chi connectivity index (χ0n) is 15.8. The molecule has 0 fully saturated rings. The minimum atomic E-state index is -4.74. The van der Waals surface area contributed by atoms with E-state index in [9.17, 15) is 22.8 Å². The normalized spacial score (nSPS) is 11.3. The molecule has 1 aromatic heterocycles. The Kier molecular flexibility index (Phi) is 6.56. The maximum absolute atomic E-state index is 13.1. The number of carbonyl (C=O) groups excluding carboxylic acids is 2. The summed E-state index contributed by atoms with van der Waals surface area (Å²) in [5, 5.41) is 5.88. The van der Waals surface area contributed by atoms with Crippen LogP contribution < -0.4 is 5.32 Å². The summed E-state index contributed by atoms with van der Waals surface area (Å²) < 4.78 is 45.6. The van der Waals surface area contributed by atoms with Crippen LogP contribution in [0, 0.1) is 6.92 Å². The fourth-order valence-electron chi connectivity index (χ4n) is 2.74. The second kappa shape index (κ2) is 8.99. The molecule has 0 saturated heterocycles. The first-order valence-corrected chi connectivity index (χ1v) is 9.48. The molecule has 0 bridgehead atoms. The molecule has 6 nitrogen and oxygen atoms in total. The fraction of sp³-hybridized carbons (Fsp3) is 0.150. The van der Waals surface area contributed by atoms with Gasteiger partial charge in [-0.25, -0.2) is 9.48 Å². The number of nitrogens with zero attached hydrogens (tertiary/aromatic N) is 2. The van der Waals surface area contributed by atoms with Gasteiger partial charge in [-0.15, -0.1) is 0 Å². The number of rotatable bonds is 5. The third-order valence-electron chi connectivity index (χ3n) is 4.13. The smallest absolute Gasteiger partial charge is 0.418 e. The first-order chi connectivity index (χ1) is 14.6. The number of anilines is 1. The molecule has 1 amide bonds. The van der Waals surface area contributed by atoms with Crippen LogP contribution in [0.3, 0.4) is 0 Å². The summed E-state index contributed by atoms with van der Waals surface area (Å²) in [6.07, 6.45) is -4.74. The maximum Gasteiger partial charge on any atom is 0.418 e. The highest BCUT2D eigenvalue weighted by Gasteiger charge is 2.35. The highest BCUT2D eigenvalue weighted by atomic mass is 35.5. The highest BCUT2D eigenvalue weighted by molar-refractivity contribution is 6.34. The molecule has 3 rings (SSSR count). The van der Waals surface area contributed by atoms with E-state index in [1.54, 1.807) is 30.3 Å². The maximum atomic E-state index is 13.1. The average molecular weight is 472 g/mol. The quantitative estimate of drug-likeness (QED) is 0.512. The number of aryl methyl sites for hydroxylation is 1. The topological polar surface area (TPSA) is 73.2 Å². The van der Waals surface area contributed by atoms with Crippen LogP contribution in [0.25, 0.3) is 5.69 Å². The number of aromatic nitrogens is 2. The third-order valence-corrected chi connectivity index (χ3v) is 4.79. The molecule has 0 aliphatic heterocycles. The molecular weight excluding hydrogens is 458 g/mol. The summed E-state index contributed by atoms with van der Waals surface area (Å²) in [4.78, 5) is 24.5. The van der Waals surface area contributed by atoms with Crippen LogP contribution in [0.5, 0.6) is 0 Å². The Morgan fingerprint density at radius 1 is 1.10 bits per heavy atom. The van der Waals surface area contributed by atoms with Crippen LogP contribution in [-0.2, 0) is 15.7 Å². The van der Waals surface area contributed by atoms with Crippen molar-refractivity contribution >= 4 is 40.8 Å². The summed E-state index contributed by atoms with van der Waals surface area (Å²) in [7, 11) is 0. The van der Waals surface area contributed by atoms with Gasteiger partial charge in [0.05, 0.1) is 27.7 Å². The lowest BCUT2D eigenvalue weighted by molar-refractivity contribution is -0.137. The van der Waals surface area contributed by atoms with Gasteiger partial charge in [-0.1, -0.05) is 47.5 Å². The number of nitrogens with one attached hydrogen (secondary N) is 1. The molecule has 0 unspecified atom stereocenters. The van der Waals surface area contributed by atoms with E-state index in [2.05, 4.69) is 5.10 Å². The molecular formula is C20H14Cl2F3N3O3. The molecule has 11 heteroatoms. The number of benzene rings is 2. The summed E-state index contributed by atoms with van der Waals surface area (Å²) in [6.45, 7) is 0.676. The van der Waals surface area contributed by atoms with Crippen LogP contribution in [-0.4, -0.2) is 28.3 Å². The number of hydrogen-bond acceptors (Lipinski definition) is 4. The third kappa shape index (κ3) is 5.00. The zero-order chi connectivity index (χ0) is 22.8. The Morgan fingerprint density at radius 2 is 1.77 bits per heavy atom. The molecule has 1 heterocycles. The van der Waals surface area contributed by atoms with Crippen molar-refractivity contribution in [3.05, 3.63) is 75.5 Å². The van der Waals surface area contributed by atoms with E-state index >= 15 is 0 Å². The lowest BCUT2D eigenvalue weighted by atomic mass is 10.1. The molecule has 0 aliphatic rings. The number of esters is 1. The van der Waals surface area contributed by atoms with Crippen LogP contribution in [0.15, 0.2) is 48.5 Å². The number of para-hydroxylation sites is 2. The molecule has 2 aromatic carbocycles. The highest BCUT2D eigenvalue weighted by Crippen LogP contribution is 2.38. The van der Waals surface area contributed by atoms with Crippen LogP contribution >= 0.6 is 23.2 Å². The predicted octanol–water partition coefficient (Wildman–Crippen LogP) is 5.30. The summed E-state index contributed by atoms with van der Waals surface area (Å²) in [6, 6.07) is 11.8. The molecule has 0 radical (unpaired) electrons. The van der Waals surface area contributed by atoms with E-state index in [-0.39, 0.29) is 21.4 Å². The van der Waals surface area contributed by atoms with Gasteiger partial charge in [-0.05, 0) is 31.2 Å². The lowest BCUT2D eigenvalue weighted by Gasteiger charge is -2.15. The number of hydrogen-bond donors (Lipinski definition) is 1. The van der Waals surface area contributed by atoms with Gasteiger partial charge >= 0.3 is 12.1 Å². The average Bonchev–Trinajstić information content (AvgIpc) is 3.01. The zero-order valence-corrected chi connectivity index (χ0v) is 17.3. The first-order valence-electron chi connectivity index (χ1n) is 8.73. The van der Waals surface area contributed by atoms with Crippen molar-refractivity contribution in [3.63, 3.8) is 0 Å². The van der Waals surface area contributed by atoms with Crippen molar-refractivity contribution in [2.75, 3.05) is 11.9 Å². The molecule has 0 atom stereocenters. The van der Waals surface area contributed by atoms with Crippen molar-refractivity contribution in [2.45, 2.75) is 13.1 Å². The number of ether oxygens (including phenoxy) is 1. The van der Waals surface area contributed by atoms with Gasteiger partial charge < -0.3 is 10.1 Å². The minimum Gasteiger partial charge on any atom is -0.452 e. The minimum absolute atomic E-state index is 0.0282. The molecule has 31 heavy (non-hydrogen) atoms. The van der Waals surface area contributed by atoms with Gasteiger partial charge in [0.15, 0.2) is 6.61 Å². The van der Waals surface area contributed by atoms with Gasteiger partial charge in [0, 0.05) is 0 Å². The fourth-order valence-corrected chi connectivity index (χ4v) is 3.31.